The second-order valence-corrected chi connectivity index (χ2v) is 7.26. The average Bonchev–Trinajstić information content (AvgIpc) is 3.22. The molecule has 26 heavy (non-hydrogen) atoms. The van der Waals surface area contributed by atoms with Crippen molar-refractivity contribution in [3.8, 4) is 11.3 Å². The molecule has 2 heterocycles. The van der Waals surface area contributed by atoms with Gasteiger partial charge in [0.15, 0.2) is 0 Å². The lowest BCUT2D eigenvalue weighted by atomic mass is 10.2. The summed E-state index contributed by atoms with van der Waals surface area (Å²) in [6, 6.07) is 9.18. The molecule has 10 heteroatoms. The molecule has 0 aliphatic rings. The first-order chi connectivity index (χ1) is 12.1. The van der Waals surface area contributed by atoms with Crippen LogP contribution in [0.15, 0.2) is 39.9 Å². The number of aromatic nitrogens is 4. The van der Waals surface area contributed by atoms with Crippen molar-refractivity contribution >= 4 is 47.4 Å². The molecule has 0 saturated carbocycles. The van der Waals surface area contributed by atoms with E-state index in [1.165, 1.54) is 0 Å². The van der Waals surface area contributed by atoms with Gasteiger partial charge in [-0.25, -0.2) is 4.68 Å². The van der Waals surface area contributed by atoms with E-state index >= 15 is 0 Å². The van der Waals surface area contributed by atoms with E-state index in [0.29, 0.717) is 16.6 Å². The summed E-state index contributed by atoms with van der Waals surface area (Å²) in [6.45, 7) is 1.54. The normalized spacial score (nSPS) is 10.7. The molecule has 0 aliphatic heterocycles. The number of hydrogen-bond acceptors (Lipinski definition) is 6. The Morgan fingerprint density at radius 2 is 2.08 bits per heavy atom. The van der Waals surface area contributed by atoms with Gasteiger partial charge < -0.3 is 9.73 Å². The number of rotatable bonds is 8. The molecule has 0 atom stereocenters. The Morgan fingerprint density at radius 1 is 1.23 bits per heavy atom. The predicted octanol–water partition coefficient (Wildman–Crippen LogP) is 4.47. The van der Waals surface area contributed by atoms with Crippen molar-refractivity contribution in [2.75, 3.05) is 12.3 Å². The van der Waals surface area contributed by atoms with Crippen molar-refractivity contribution in [1.29, 1.82) is 0 Å². The molecule has 0 spiro atoms. The van der Waals surface area contributed by atoms with Crippen LogP contribution in [-0.4, -0.2) is 32.5 Å². The fourth-order valence-corrected chi connectivity index (χ4v) is 3.39. The Kier molecular flexibility index (Phi) is 8.24. The SMILES string of the molecule is Cl.Cn1nnnc1SCCCNCc1ccc(-c2cc(Cl)ccc2Cl)o1. The number of nitrogens with zero attached hydrogens (tertiary/aromatic N) is 4. The van der Waals surface area contributed by atoms with Gasteiger partial charge in [-0.2, -0.15) is 0 Å². The van der Waals surface area contributed by atoms with Gasteiger partial charge in [-0.3, -0.25) is 0 Å². The smallest absolute Gasteiger partial charge is 0.209 e. The van der Waals surface area contributed by atoms with E-state index in [2.05, 4.69) is 20.8 Å². The zero-order chi connectivity index (χ0) is 17.6. The van der Waals surface area contributed by atoms with Gasteiger partial charge in [-0.05, 0) is 53.7 Å². The lowest BCUT2D eigenvalue weighted by molar-refractivity contribution is 0.494. The Morgan fingerprint density at radius 3 is 2.85 bits per heavy atom. The van der Waals surface area contributed by atoms with Crippen LogP contribution in [0.3, 0.4) is 0 Å². The topological polar surface area (TPSA) is 68.8 Å². The molecule has 6 nitrogen and oxygen atoms in total. The van der Waals surface area contributed by atoms with E-state index in [1.54, 1.807) is 34.6 Å². The molecular formula is C16H18Cl3N5OS. The maximum absolute atomic E-state index is 6.20. The summed E-state index contributed by atoms with van der Waals surface area (Å²) >= 11 is 13.9. The van der Waals surface area contributed by atoms with Crippen LogP contribution in [0.1, 0.15) is 12.2 Å². The molecule has 0 fully saturated rings. The van der Waals surface area contributed by atoms with Gasteiger partial charge in [0.2, 0.25) is 5.16 Å². The summed E-state index contributed by atoms with van der Waals surface area (Å²) in [4.78, 5) is 0. The van der Waals surface area contributed by atoms with Crippen molar-refractivity contribution in [3.05, 3.63) is 46.1 Å². The van der Waals surface area contributed by atoms with Crippen LogP contribution in [0.25, 0.3) is 11.3 Å². The van der Waals surface area contributed by atoms with E-state index < -0.39 is 0 Å². The minimum absolute atomic E-state index is 0. The molecule has 3 aromatic rings. The average molecular weight is 435 g/mol. The second-order valence-electron chi connectivity index (χ2n) is 5.35. The monoisotopic (exact) mass is 433 g/mol. The van der Waals surface area contributed by atoms with Gasteiger partial charge in [0.25, 0.3) is 0 Å². The zero-order valence-electron chi connectivity index (χ0n) is 14.0. The molecule has 1 aromatic carbocycles. The summed E-state index contributed by atoms with van der Waals surface area (Å²) < 4.78 is 7.52. The molecule has 1 N–H and O–H groups in total. The molecule has 140 valence electrons. The van der Waals surface area contributed by atoms with E-state index in [-0.39, 0.29) is 12.4 Å². The quantitative estimate of drug-likeness (QED) is 0.417. The number of hydrogen-bond donors (Lipinski definition) is 1. The Labute approximate surface area is 172 Å². The van der Waals surface area contributed by atoms with Crippen LogP contribution < -0.4 is 5.32 Å². The lowest BCUT2D eigenvalue weighted by Gasteiger charge is -2.03. The highest BCUT2D eigenvalue weighted by Crippen LogP contribution is 2.31. The number of thioether (sulfide) groups is 1. The van der Waals surface area contributed by atoms with E-state index in [0.717, 1.165) is 41.0 Å². The highest BCUT2D eigenvalue weighted by molar-refractivity contribution is 7.99. The second kappa shape index (κ2) is 10.2. The van der Waals surface area contributed by atoms with Gasteiger partial charge >= 0.3 is 0 Å². The van der Waals surface area contributed by atoms with Crippen LogP contribution in [-0.2, 0) is 13.6 Å². The van der Waals surface area contributed by atoms with Crippen LogP contribution in [0.4, 0.5) is 0 Å². The summed E-state index contributed by atoms with van der Waals surface area (Å²) in [5.74, 6) is 2.52. The molecule has 0 aliphatic carbocycles. The van der Waals surface area contributed by atoms with Gasteiger partial charge in [0, 0.05) is 23.4 Å². The molecule has 0 radical (unpaired) electrons. The van der Waals surface area contributed by atoms with Gasteiger partial charge in [-0.1, -0.05) is 35.0 Å². The zero-order valence-corrected chi connectivity index (χ0v) is 17.1. The van der Waals surface area contributed by atoms with Crippen LogP contribution in [0, 0.1) is 0 Å². The molecule has 0 unspecified atom stereocenters. The van der Waals surface area contributed by atoms with Crippen molar-refractivity contribution in [1.82, 2.24) is 25.5 Å². The summed E-state index contributed by atoms with van der Waals surface area (Å²) in [7, 11) is 1.83. The van der Waals surface area contributed by atoms with Crippen LogP contribution in [0.5, 0.6) is 0 Å². The van der Waals surface area contributed by atoms with Crippen LogP contribution in [0.2, 0.25) is 10.0 Å². The molecule has 0 saturated heterocycles. The third kappa shape index (κ3) is 5.62. The Balaban J connectivity index is 0.00000243. The summed E-state index contributed by atoms with van der Waals surface area (Å²) in [6.07, 6.45) is 1.01. The maximum atomic E-state index is 6.20. The van der Waals surface area contributed by atoms with E-state index in [9.17, 15) is 0 Å². The number of benzene rings is 1. The van der Waals surface area contributed by atoms with Gasteiger partial charge in [0.05, 0.1) is 11.6 Å². The molecule has 0 bridgehead atoms. The Hall–Kier alpha value is -1.25. The fraction of sp³-hybridized carbons (Fsp3) is 0.312. The summed E-state index contributed by atoms with van der Waals surface area (Å²) in [5, 5.41) is 16.8. The maximum Gasteiger partial charge on any atom is 0.209 e. The molecular weight excluding hydrogens is 417 g/mol. The van der Waals surface area contributed by atoms with Gasteiger partial charge in [-0.15, -0.1) is 17.5 Å². The van der Waals surface area contributed by atoms with Crippen molar-refractivity contribution in [2.45, 2.75) is 18.1 Å². The van der Waals surface area contributed by atoms with Gasteiger partial charge in [0.1, 0.15) is 11.5 Å². The molecule has 2 aromatic heterocycles. The van der Waals surface area contributed by atoms with E-state index in [4.69, 9.17) is 27.6 Å². The first-order valence-electron chi connectivity index (χ1n) is 7.73. The number of halogens is 3. The number of aryl methyl sites for hydroxylation is 1. The third-order valence-corrected chi connectivity index (χ3v) is 5.13. The first-order valence-corrected chi connectivity index (χ1v) is 9.47. The van der Waals surface area contributed by atoms with E-state index in [1.807, 2.05) is 19.2 Å². The summed E-state index contributed by atoms with van der Waals surface area (Å²) in [5.41, 5.74) is 0.800. The highest BCUT2D eigenvalue weighted by Gasteiger charge is 2.09. The lowest BCUT2D eigenvalue weighted by Crippen LogP contribution is -2.14. The standard InChI is InChI=1S/C16H17Cl2N5OS.ClH/c1-23-16(20-21-22-23)25-8-2-7-19-10-12-4-6-15(24-12)13-9-11(17)3-5-14(13)18;/h3-6,9,19H,2,7-8,10H2,1H3;1H. The number of nitrogens with one attached hydrogen (secondary N) is 1. The number of furan rings is 1. The number of tetrazole rings is 1. The predicted molar refractivity (Wildman–Crippen MR) is 107 cm³/mol. The first kappa shape index (κ1) is 21.1. The fourth-order valence-electron chi connectivity index (χ4n) is 2.22. The minimum Gasteiger partial charge on any atom is -0.460 e. The molecule has 0 amide bonds. The minimum atomic E-state index is 0. The highest BCUT2D eigenvalue weighted by atomic mass is 35.5. The van der Waals surface area contributed by atoms with Crippen LogP contribution >= 0.6 is 47.4 Å². The van der Waals surface area contributed by atoms with Crippen molar-refractivity contribution < 1.29 is 4.42 Å². The van der Waals surface area contributed by atoms with Crippen molar-refractivity contribution in [3.63, 3.8) is 0 Å². The van der Waals surface area contributed by atoms with Crippen molar-refractivity contribution in [2.24, 2.45) is 7.05 Å². The third-order valence-electron chi connectivity index (χ3n) is 3.47. The largest absolute Gasteiger partial charge is 0.460 e. The Bertz CT molecular complexity index is 839. The molecule has 3 rings (SSSR count).